The molecule has 10 heteroatoms. The Hall–Kier alpha value is -3.27. The van der Waals surface area contributed by atoms with Crippen molar-refractivity contribution in [3.05, 3.63) is 65.2 Å². The molecule has 1 saturated carbocycles. The lowest BCUT2D eigenvalue weighted by Crippen LogP contribution is -2.33. The average Bonchev–Trinajstić information content (AvgIpc) is 2.82. The molecule has 0 atom stereocenters. The van der Waals surface area contributed by atoms with Crippen molar-refractivity contribution < 1.29 is 27.9 Å². The standard InChI is InChI=1S/C24H29F3N4O3/c25-24(26,27)20-11-8-18(22(32)30-28)14-21(20)29-19-9-6-16(7-10-19)12-13-31(23(33)34)15-17-4-2-1-3-5-17/h1-5,8,11,14,16,19,29H,6-7,9-10,12-13,15,28H2,(H,30,32)(H,33,34). The number of nitrogens with zero attached hydrogens (tertiary/aromatic N) is 1. The number of hydrogen-bond donors (Lipinski definition) is 4. The molecule has 2 amide bonds. The normalized spacial score (nSPS) is 18.2. The van der Waals surface area contributed by atoms with Crippen LogP contribution < -0.4 is 16.6 Å². The Bertz CT molecular complexity index is 977. The molecule has 1 fully saturated rings. The smallest absolute Gasteiger partial charge is 0.418 e. The van der Waals surface area contributed by atoms with Crippen LogP contribution in [0.1, 0.15) is 53.6 Å². The molecule has 0 aromatic heterocycles. The molecule has 0 spiro atoms. The van der Waals surface area contributed by atoms with Crippen LogP contribution in [0, 0.1) is 5.92 Å². The maximum atomic E-state index is 13.5. The molecule has 0 saturated heterocycles. The number of rotatable bonds is 8. The zero-order valence-electron chi connectivity index (χ0n) is 18.6. The van der Waals surface area contributed by atoms with Gasteiger partial charge in [0.1, 0.15) is 0 Å². The van der Waals surface area contributed by atoms with E-state index in [2.05, 4.69) is 5.32 Å². The second-order valence-corrected chi connectivity index (χ2v) is 8.57. The number of anilines is 1. The number of hydrazine groups is 1. The summed E-state index contributed by atoms with van der Waals surface area (Å²) in [4.78, 5) is 24.8. The highest BCUT2D eigenvalue weighted by Crippen LogP contribution is 2.37. The van der Waals surface area contributed by atoms with E-state index in [0.29, 0.717) is 38.3 Å². The molecule has 2 aromatic rings. The second-order valence-electron chi connectivity index (χ2n) is 8.57. The fraction of sp³-hybridized carbons (Fsp3) is 0.417. The minimum absolute atomic E-state index is 0.0406. The number of hydrogen-bond acceptors (Lipinski definition) is 4. The number of alkyl halides is 3. The molecule has 184 valence electrons. The van der Waals surface area contributed by atoms with Crippen molar-refractivity contribution in [2.75, 3.05) is 11.9 Å². The van der Waals surface area contributed by atoms with Crippen LogP contribution in [0.3, 0.4) is 0 Å². The van der Waals surface area contributed by atoms with Gasteiger partial charge >= 0.3 is 12.3 Å². The Balaban J connectivity index is 1.56. The molecule has 3 rings (SSSR count). The summed E-state index contributed by atoms with van der Waals surface area (Å²) in [5, 5.41) is 12.5. The van der Waals surface area contributed by atoms with Crippen LogP contribution in [0.15, 0.2) is 48.5 Å². The van der Waals surface area contributed by atoms with E-state index in [1.807, 2.05) is 35.8 Å². The highest BCUT2D eigenvalue weighted by molar-refractivity contribution is 5.95. The van der Waals surface area contributed by atoms with Crippen LogP contribution >= 0.6 is 0 Å². The van der Waals surface area contributed by atoms with Gasteiger partial charge in [0.2, 0.25) is 0 Å². The Morgan fingerprint density at radius 1 is 1.06 bits per heavy atom. The van der Waals surface area contributed by atoms with Crippen molar-refractivity contribution in [1.29, 1.82) is 0 Å². The molecule has 34 heavy (non-hydrogen) atoms. The van der Waals surface area contributed by atoms with Gasteiger partial charge in [0.15, 0.2) is 0 Å². The Kier molecular flexibility index (Phi) is 8.38. The number of carbonyl (C=O) groups excluding carboxylic acids is 1. The van der Waals surface area contributed by atoms with Gasteiger partial charge in [-0.2, -0.15) is 13.2 Å². The van der Waals surface area contributed by atoms with E-state index in [1.165, 1.54) is 11.0 Å². The van der Waals surface area contributed by atoms with E-state index in [1.54, 1.807) is 0 Å². The van der Waals surface area contributed by atoms with Crippen LogP contribution in [-0.4, -0.2) is 34.6 Å². The predicted octanol–water partition coefficient (Wildman–Crippen LogP) is 4.85. The minimum atomic E-state index is -4.56. The summed E-state index contributed by atoms with van der Waals surface area (Å²) in [6.45, 7) is 0.724. The van der Waals surface area contributed by atoms with Gasteiger partial charge in [-0.3, -0.25) is 10.2 Å². The predicted molar refractivity (Wildman–Crippen MR) is 122 cm³/mol. The Labute approximate surface area is 196 Å². The van der Waals surface area contributed by atoms with Crippen LogP contribution in [0.2, 0.25) is 0 Å². The van der Waals surface area contributed by atoms with Crippen molar-refractivity contribution in [3.63, 3.8) is 0 Å². The van der Waals surface area contributed by atoms with Crippen LogP contribution in [0.25, 0.3) is 0 Å². The zero-order valence-corrected chi connectivity index (χ0v) is 18.6. The highest BCUT2D eigenvalue weighted by atomic mass is 19.4. The van der Waals surface area contributed by atoms with Gasteiger partial charge < -0.3 is 15.3 Å². The number of nitrogens with two attached hydrogens (primary N) is 1. The number of carboxylic acid groups (broad SMARTS) is 1. The topological polar surface area (TPSA) is 108 Å². The van der Waals surface area contributed by atoms with Gasteiger partial charge in [0, 0.05) is 30.4 Å². The van der Waals surface area contributed by atoms with Crippen molar-refractivity contribution in [2.45, 2.75) is 50.9 Å². The van der Waals surface area contributed by atoms with E-state index in [0.717, 1.165) is 30.5 Å². The van der Waals surface area contributed by atoms with Crippen LogP contribution in [0.4, 0.5) is 23.7 Å². The molecule has 1 aliphatic rings. The first kappa shape index (κ1) is 25.4. The number of halogens is 3. The van der Waals surface area contributed by atoms with E-state index in [4.69, 9.17) is 5.84 Å². The Morgan fingerprint density at radius 2 is 1.74 bits per heavy atom. The molecular weight excluding hydrogens is 449 g/mol. The fourth-order valence-electron chi connectivity index (χ4n) is 4.34. The number of amides is 2. The highest BCUT2D eigenvalue weighted by Gasteiger charge is 2.35. The van der Waals surface area contributed by atoms with Gasteiger partial charge in [-0.25, -0.2) is 10.6 Å². The summed E-state index contributed by atoms with van der Waals surface area (Å²) in [5.74, 6) is 4.74. The average molecular weight is 479 g/mol. The number of nitrogen functional groups attached to an aromatic ring is 1. The SMILES string of the molecule is NNC(=O)c1ccc(C(F)(F)F)c(NC2CCC(CCN(Cc3ccccc3)C(=O)O)CC2)c1. The largest absolute Gasteiger partial charge is 0.465 e. The quantitative estimate of drug-likeness (QED) is 0.247. The fourth-order valence-corrected chi connectivity index (χ4v) is 4.34. The van der Waals surface area contributed by atoms with Crippen LogP contribution in [0.5, 0.6) is 0 Å². The first-order valence-electron chi connectivity index (χ1n) is 11.2. The number of nitrogens with one attached hydrogen (secondary N) is 2. The third kappa shape index (κ3) is 6.86. The summed E-state index contributed by atoms with van der Waals surface area (Å²) in [6.07, 6.45) is -1.97. The van der Waals surface area contributed by atoms with Gasteiger partial charge in [-0.1, -0.05) is 30.3 Å². The summed E-state index contributed by atoms with van der Waals surface area (Å²) < 4.78 is 40.4. The summed E-state index contributed by atoms with van der Waals surface area (Å²) in [5.41, 5.74) is 1.92. The van der Waals surface area contributed by atoms with Crippen molar-refractivity contribution in [2.24, 2.45) is 11.8 Å². The molecule has 0 aliphatic heterocycles. The lowest BCUT2D eigenvalue weighted by atomic mass is 9.84. The molecule has 2 aromatic carbocycles. The second kappa shape index (κ2) is 11.2. The molecule has 7 nitrogen and oxygen atoms in total. The van der Waals surface area contributed by atoms with Crippen molar-refractivity contribution in [3.8, 4) is 0 Å². The molecule has 0 unspecified atom stereocenters. The van der Waals surface area contributed by atoms with E-state index in [9.17, 15) is 27.9 Å². The van der Waals surface area contributed by atoms with Gasteiger partial charge in [-0.15, -0.1) is 0 Å². The molecule has 5 N–H and O–H groups in total. The van der Waals surface area contributed by atoms with Crippen LogP contribution in [-0.2, 0) is 12.7 Å². The molecule has 0 heterocycles. The molecular formula is C24H29F3N4O3. The van der Waals surface area contributed by atoms with Gasteiger partial charge in [-0.05, 0) is 61.8 Å². The zero-order chi connectivity index (χ0) is 24.7. The molecule has 1 aliphatic carbocycles. The van der Waals surface area contributed by atoms with Gasteiger partial charge in [0.05, 0.1) is 5.56 Å². The number of benzene rings is 2. The van der Waals surface area contributed by atoms with E-state index < -0.39 is 23.7 Å². The summed E-state index contributed by atoms with van der Waals surface area (Å²) >= 11 is 0. The summed E-state index contributed by atoms with van der Waals surface area (Å²) in [6, 6.07) is 12.4. The maximum Gasteiger partial charge on any atom is 0.418 e. The third-order valence-corrected chi connectivity index (χ3v) is 6.22. The minimum Gasteiger partial charge on any atom is -0.465 e. The molecule has 0 radical (unpaired) electrons. The van der Waals surface area contributed by atoms with E-state index >= 15 is 0 Å². The lowest BCUT2D eigenvalue weighted by molar-refractivity contribution is -0.137. The maximum absolute atomic E-state index is 13.5. The first-order chi connectivity index (χ1) is 16.2. The third-order valence-electron chi connectivity index (χ3n) is 6.22. The lowest BCUT2D eigenvalue weighted by Gasteiger charge is -2.31. The number of carbonyl (C=O) groups is 2. The summed E-state index contributed by atoms with van der Waals surface area (Å²) in [7, 11) is 0. The van der Waals surface area contributed by atoms with Gasteiger partial charge in [0.25, 0.3) is 5.91 Å². The molecule has 0 bridgehead atoms. The van der Waals surface area contributed by atoms with Crippen molar-refractivity contribution in [1.82, 2.24) is 10.3 Å². The van der Waals surface area contributed by atoms with E-state index in [-0.39, 0.29) is 17.3 Å². The van der Waals surface area contributed by atoms with Crippen molar-refractivity contribution >= 4 is 17.7 Å². The first-order valence-corrected chi connectivity index (χ1v) is 11.2. The Morgan fingerprint density at radius 3 is 2.32 bits per heavy atom. The monoisotopic (exact) mass is 478 g/mol.